The summed E-state index contributed by atoms with van der Waals surface area (Å²) in [6.45, 7) is 0.684. The van der Waals surface area contributed by atoms with Crippen molar-refractivity contribution in [2.45, 2.75) is 55.9 Å². The number of alkyl halides is 2. The Hall–Kier alpha value is -1.11. The average Bonchev–Trinajstić information content (AvgIpc) is 3.15. The van der Waals surface area contributed by atoms with Crippen molar-refractivity contribution in [3.8, 4) is 0 Å². The number of halogens is 2. The summed E-state index contributed by atoms with van der Waals surface area (Å²) < 4.78 is 28.0. The quantitative estimate of drug-likeness (QED) is 0.850. The second kappa shape index (κ2) is 6.56. The highest BCUT2D eigenvalue weighted by atomic mass is 32.2. The van der Waals surface area contributed by atoms with E-state index in [1.807, 2.05) is 16.7 Å². The molecule has 1 aliphatic carbocycles. The van der Waals surface area contributed by atoms with Crippen molar-refractivity contribution in [1.82, 2.24) is 14.5 Å². The fraction of sp³-hybridized carbons (Fsp3) is 0.733. The summed E-state index contributed by atoms with van der Waals surface area (Å²) in [7, 11) is 0. The number of rotatable bonds is 4. The molecule has 2 aliphatic rings. The van der Waals surface area contributed by atoms with Crippen molar-refractivity contribution in [2.75, 3.05) is 12.3 Å². The minimum Gasteiger partial charge on any atom is -0.328 e. The molecule has 0 aromatic carbocycles. The van der Waals surface area contributed by atoms with Crippen LogP contribution in [0.2, 0.25) is 0 Å². The van der Waals surface area contributed by atoms with E-state index in [2.05, 4.69) is 4.98 Å². The molecule has 1 saturated carbocycles. The van der Waals surface area contributed by atoms with Gasteiger partial charge in [-0.15, -0.1) is 11.8 Å². The smallest absolute Gasteiger partial charge is 0.259 e. The molecular weight excluding hydrogens is 308 g/mol. The molecule has 4 nitrogen and oxygen atoms in total. The minimum atomic E-state index is -2.57. The average molecular weight is 329 g/mol. The van der Waals surface area contributed by atoms with Crippen LogP contribution in [0.4, 0.5) is 8.78 Å². The van der Waals surface area contributed by atoms with E-state index in [0.29, 0.717) is 6.54 Å². The third kappa shape index (κ3) is 3.00. The molecule has 1 spiro atoms. The molecular formula is C15H21F2N3OS. The van der Waals surface area contributed by atoms with Crippen LogP contribution in [0.3, 0.4) is 0 Å². The van der Waals surface area contributed by atoms with Crippen LogP contribution in [0.25, 0.3) is 0 Å². The lowest BCUT2D eigenvalue weighted by Crippen LogP contribution is -2.47. The van der Waals surface area contributed by atoms with Gasteiger partial charge in [-0.25, -0.2) is 13.8 Å². The van der Waals surface area contributed by atoms with Gasteiger partial charge in [0.25, 0.3) is 6.43 Å². The number of imidazole rings is 1. The molecule has 3 rings (SSSR count). The number of hydrogen-bond donors (Lipinski definition) is 0. The number of aromatic nitrogens is 2. The van der Waals surface area contributed by atoms with Crippen LogP contribution >= 0.6 is 11.8 Å². The van der Waals surface area contributed by atoms with Crippen LogP contribution < -0.4 is 0 Å². The van der Waals surface area contributed by atoms with Crippen LogP contribution in [-0.4, -0.2) is 44.0 Å². The Labute approximate surface area is 133 Å². The zero-order valence-corrected chi connectivity index (χ0v) is 13.3. The highest BCUT2D eigenvalue weighted by Gasteiger charge is 2.45. The minimum absolute atomic E-state index is 0.128. The van der Waals surface area contributed by atoms with Crippen molar-refractivity contribution in [2.24, 2.45) is 0 Å². The van der Waals surface area contributed by atoms with Gasteiger partial charge in [0.2, 0.25) is 5.91 Å². The molecule has 7 heteroatoms. The Morgan fingerprint density at radius 1 is 1.32 bits per heavy atom. The van der Waals surface area contributed by atoms with Gasteiger partial charge >= 0.3 is 0 Å². The summed E-state index contributed by atoms with van der Waals surface area (Å²) in [5, 5.41) is 0. The maximum Gasteiger partial charge on any atom is 0.259 e. The number of amides is 1. The van der Waals surface area contributed by atoms with Gasteiger partial charge in [-0.05, 0) is 12.8 Å². The lowest BCUT2D eigenvalue weighted by molar-refractivity contribution is -0.136. The summed E-state index contributed by atoms with van der Waals surface area (Å²) in [5.74, 6) is 0.766. The van der Waals surface area contributed by atoms with E-state index in [9.17, 15) is 13.6 Å². The lowest BCUT2D eigenvalue weighted by atomic mass is 9.93. The second-order valence-corrected chi connectivity index (χ2v) is 7.47. The molecule has 1 saturated heterocycles. The Morgan fingerprint density at radius 3 is 2.73 bits per heavy atom. The first kappa shape index (κ1) is 15.8. The first-order valence-electron chi connectivity index (χ1n) is 7.82. The predicted molar refractivity (Wildman–Crippen MR) is 81.9 cm³/mol. The summed E-state index contributed by atoms with van der Waals surface area (Å²) in [4.78, 5) is 18.2. The zero-order valence-electron chi connectivity index (χ0n) is 12.5. The van der Waals surface area contributed by atoms with Crippen LogP contribution in [-0.2, 0) is 4.79 Å². The van der Waals surface area contributed by atoms with Crippen molar-refractivity contribution in [1.29, 1.82) is 0 Å². The maximum atomic E-state index is 13.3. The summed E-state index contributed by atoms with van der Waals surface area (Å²) >= 11 is 1.83. The maximum absolute atomic E-state index is 13.3. The zero-order chi connectivity index (χ0) is 15.6. The molecule has 1 aliphatic heterocycles. The molecule has 1 atom stereocenters. The van der Waals surface area contributed by atoms with Crippen LogP contribution in [0, 0.1) is 0 Å². The Morgan fingerprint density at radius 2 is 2.09 bits per heavy atom. The van der Waals surface area contributed by atoms with E-state index in [1.165, 1.54) is 29.7 Å². The molecule has 0 radical (unpaired) electrons. The largest absolute Gasteiger partial charge is 0.328 e. The first-order chi connectivity index (χ1) is 10.6. The Kier molecular flexibility index (Phi) is 4.70. The van der Waals surface area contributed by atoms with E-state index >= 15 is 0 Å². The van der Waals surface area contributed by atoms with Crippen LogP contribution in [0.1, 0.15) is 44.6 Å². The molecule has 1 unspecified atom stereocenters. The fourth-order valence-electron chi connectivity index (χ4n) is 3.56. The van der Waals surface area contributed by atoms with Gasteiger partial charge in [0, 0.05) is 24.7 Å². The van der Waals surface area contributed by atoms with E-state index in [0.717, 1.165) is 31.4 Å². The summed E-state index contributed by atoms with van der Waals surface area (Å²) in [5.41, 5.74) is 0. The second-order valence-electron chi connectivity index (χ2n) is 6.02. The molecule has 1 aromatic rings. The number of thioether (sulfide) groups is 1. The monoisotopic (exact) mass is 329 g/mol. The number of carbonyl (C=O) groups is 1. The molecule has 2 heterocycles. The third-order valence-electron chi connectivity index (χ3n) is 4.70. The normalized spacial score (nSPS) is 22.4. The van der Waals surface area contributed by atoms with Crippen molar-refractivity contribution in [3.63, 3.8) is 0 Å². The van der Waals surface area contributed by atoms with Gasteiger partial charge in [-0.3, -0.25) is 4.79 Å². The topological polar surface area (TPSA) is 38.1 Å². The van der Waals surface area contributed by atoms with E-state index in [4.69, 9.17) is 0 Å². The third-order valence-corrected chi connectivity index (χ3v) is 6.25. The Bertz CT molecular complexity index is 503. The van der Waals surface area contributed by atoms with Crippen molar-refractivity contribution >= 4 is 17.7 Å². The number of nitrogens with zero attached hydrogens (tertiary/aromatic N) is 3. The Balaban J connectivity index is 1.72. The molecule has 1 amide bonds. The van der Waals surface area contributed by atoms with Crippen molar-refractivity contribution < 1.29 is 13.6 Å². The number of hydrogen-bond acceptors (Lipinski definition) is 3. The van der Waals surface area contributed by atoms with E-state index in [-0.39, 0.29) is 17.2 Å². The standard InChI is InChI=1S/C15H21F2N3OS/c16-14(17)12(19-7-6-18-11-19)10-13(21)20-8-9-22-15(20)4-2-1-3-5-15/h6-7,11-12,14H,1-5,8-10H2. The van der Waals surface area contributed by atoms with Gasteiger partial charge in [0.1, 0.15) is 6.04 Å². The van der Waals surface area contributed by atoms with Gasteiger partial charge < -0.3 is 9.47 Å². The van der Waals surface area contributed by atoms with Crippen LogP contribution in [0.15, 0.2) is 18.7 Å². The molecule has 122 valence electrons. The molecule has 0 bridgehead atoms. The molecule has 22 heavy (non-hydrogen) atoms. The predicted octanol–water partition coefficient (Wildman–Crippen LogP) is 3.32. The lowest BCUT2D eigenvalue weighted by Gasteiger charge is -2.41. The summed E-state index contributed by atoms with van der Waals surface area (Å²) in [6, 6.07) is -1.12. The molecule has 2 fully saturated rings. The van der Waals surface area contributed by atoms with Gasteiger partial charge in [-0.2, -0.15) is 0 Å². The highest BCUT2D eigenvalue weighted by Crippen LogP contribution is 2.47. The SMILES string of the molecule is O=C(CC(C(F)F)n1ccnc1)N1CCSC12CCCCC2. The fourth-order valence-corrected chi connectivity index (χ4v) is 5.14. The van der Waals surface area contributed by atoms with E-state index in [1.54, 1.807) is 0 Å². The first-order valence-corrected chi connectivity index (χ1v) is 8.81. The van der Waals surface area contributed by atoms with Crippen LogP contribution in [0.5, 0.6) is 0 Å². The molecule has 0 N–H and O–H groups in total. The van der Waals surface area contributed by atoms with Crippen molar-refractivity contribution in [3.05, 3.63) is 18.7 Å². The summed E-state index contributed by atoms with van der Waals surface area (Å²) in [6.07, 6.45) is 7.03. The van der Waals surface area contributed by atoms with Gasteiger partial charge in [0.05, 0.1) is 17.6 Å². The van der Waals surface area contributed by atoms with E-state index < -0.39 is 12.5 Å². The number of carbonyl (C=O) groups excluding carboxylic acids is 1. The van der Waals surface area contributed by atoms with Gasteiger partial charge in [0.15, 0.2) is 0 Å². The molecule has 1 aromatic heterocycles. The highest BCUT2D eigenvalue weighted by molar-refractivity contribution is 8.00. The van der Waals surface area contributed by atoms with Gasteiger partial charge in [-0.1, -0.05) is 19.3 Å².